The number of carbonyl (C=O) groups excluding carboxylic acids is 1. The second kappa shape index (κ2) is 5.46. The first-order valence-electron chi connectivity index (χ1n) is 4.75. The molecule has 0 radical (unpaired) electrons. The molecule has 2 amide bonds. The molecule has 4 N–H and O–H groups in total. The van der Waals surface area contributed by atoms with Gasteiger partial charge in [-0.2, -0.15) is 0 Å². The highest BCUT2D eigenvalue weighted by Crippen LogP contribution is 2.13. The van der Waals surface area contributed by atoms with E-state index in [4.69, 9.17) is 5.14 Å². The second-order valence-corrected chi connectivity index (χ2v) is 4.73. The van der Waals surface area contributed by atoms with Crippen molar-refractivity contribution in [2.24, 2.45) is 5.14 Å². The second-order valence-electron chi connectivity index (χ2n) is 3.17. The fraction of sp³-hybridized carbons (Fsp3) is 0.100. The van der Waals surface area contributed by atoms with Crippen LogP contribution >= 0.6 is 0 Å². The molecule has 92 valence electrons. The molecule has 7 heteroatoms. The molecular weight excluding hydrogens is 242 g/mol. The number of allylic oxidation sites excluding steroid dienone is 1. The molecule has 0 aliphatic carbocycles. The lowest BCUT2D eigenvalue weighted by molar-refractivity contribution is 0.255. The smallest absolute Gasteiger partial charge is 0.315 e. The average Bonchev–Trinajstić information content (AvgIpc) is 2.25. The molecule has 0 aromatic heterocycles. The molecule has 0 unspecified atom stereocenters. The van der Waals surface area contributed by atoms with Gasteiger partial charge in [0.1, 0.15) is 0 Å². The number of nitrogens with one attached hydrogen (secondary N) is 2. The van der Waals surface area contributed by atoms with Crippen LogP contribution in [0, 0.1) is 0 Å². The van der Waals surface area contributed by atoms with Crippen LogP contribution in [0.15, 0.2) is 41.4 Å². The summed E-state index contributed by atoms with van der Waals surface area (Å²) < 4.78 is 22.2. The Morgan fingerprint density at radius 1 is 1.41 bits per heavy atom. The van der Waals surface area contributed by atoms with E-state index in [1.165, 1.54) is 24.4 Å². The molecule has 0 fully saturated rings. The molecule has 0 saturated heterocycles. The molecule has 0 aliphatic rings. The van der Waals surface area contributed by atoms with Gasteiger partial charge in [-0.25, -0.2) is 18.4 Å². The number of sulfonamides is 1. The largest absolute Gasteiger partial charge is 0.323 e. The number of amides is 2. The zero-order valence-electron chi connectivity index (χ0n) is 9.17. The Bertz CT molecular complexity index is 537. The molecule has 0 bridgehead atoms. The third-order valence-corrected chi connectivity index (χ3v) is 2.71. The summed E-state index contributed by atoms with van der Waals surface area (Å²) in [6.07, 6.45) is 3.11. The fourth-order valence-electron chi connectivity index (χ4n) is 1.08. The summed E-state index contributed by atoms with van der Waals surface area (Å²) in [6, 6.07) is 5.22. The quantitative estimate of drug-likeness (QED) is 0.750. The minimum atomic E-state index is -3.76. The zero-order valence-corrected chi connectivity index (χ0v) is 9.99. The average molecular weight is 255 g/mol. The Kier molecular flexibility index (Phi) is 4.24. The van der Waals surface area contributed by atoms with Crippen LogP contribution in [0.25, 0.3) is 0 Å². The molecule has 1 rings (SSSR count). The lowest BCUT2D eigenvalue weighted by Crippen LogP contribution is -2.24. The lowest BCUT2D eigenvalue weighted by atomic mass is 10.3. The topological polar surface area (TPSA) is 101 Å². The Hall–Kier alpha value is -1.86. The van der Waals surface area contributed by atoms with E-state index < -0.39 is 16.1 Å². The number of primary sulfonamides is 1. The van der Waals surface area contributed by atoms with Crippen LogP contribution in [-0.2, 0) is 10.0 Å². The highest BCUT2D eigenvalue weighted by atomic mass is 32.2. The Morgan fingerprint density at radius 3 is 2.71 bits per heavy atom. The van der Waals surface area contributed by atoms with Gasteiger partial charge in [0.05, 0.1) is 4.90 Å². The first-order chi connectivity index (χ1) is 7.93. The van der Waals surface area contributed by atoms with E-state index in [2.05, 4.69) is 10.6 Å². The van der Waals surface area contributed by atoms with Gasteiger partial charge in [0.2, 0.25) is 10.0 Å². The predicted molar refractivity (Wildman–Crippen MR) is 64.8 cm³/mol. The van der Waals surface area contributed by atoms with Crippen molar-refractivity contribution in [2.45, 2.75) is 11.8 Å². The van der Waals surface area contributed by atoms with Crippen molar-refractivity contribution >= 4 is 21.7 Å². The summed E-state index contributed by atoms with van der Waals surface area (Å²) in [7, 11) is -3.76. The molecule has 6 nitrogen and oxygen atoms in total. The lowest BCUT2D eigenvalue weighted by Gasteiger charge is -2.05. The number of urea groups is 1. The maximum atomic E-state index is 11.3. The summed E-state index contributed by atoms with van der Waals surface area (Å²) in [5.41, 5.74) is 0.346. The normalized spacial score (nSPS) is 11.4. The van der Waals surface area contributed by atoms with Crippen molar-refractivity contribution in [3.05, 3.63) is 36.5 Å². The first-order valence-corrected chi connectivity index (χ1v) is 6.29. The minimum absolute atomic E-state index is 0.0543. The van der Waals surface area contributed by atoms with Gasteiger partial charge >= 0.3 is 6.03 Å². The maximum absolute atomic E-state index is 11.3. The molecular formula is C10H13N3O3S. The summed E-state index contributed by atoms with van der Waals surface area (Å²) >= 11 is 0. The van der Waals surface area contributed by atoms with Gasteiger partial charge in [0.15, 0.2) is 0 Å². The zero-order chi connectivity index (χ0) is 12.9. The van der Waals surface area contributed by atoms with Crippen LogP contribution in [0.2, 0.25) is 0 Å². The number of hydrogen-bond acceptors (Lipinski definition) is 3. The number of hydrogen-bond donors (Lipinski definition) is 3. The van der Waals surface area contributed by atoms with Gasteiger partial charge in [-0.1, -0.05) is 12.1 Å². The van der Waals surface area contributed by atoms with Crippen molar-refractivity contribution in [1.82, 2.24) is 5.32 Å². The predicted octanol–water partition coefficient (Wildman–Crippen LogP) is 0.989. The van der Waals surface area contributed by atoms with Gasteiger partial charge in [-0.05, 0) is 25.1 Å². The van der Waals surface area contributed by atoms with Crippen LogP contribution in [0.4, 0.5) is 10.5 Å². The molecule has 0 spiro atoms. The Labute approximate surface area is 99.6 Å². The number of anilines is 1. The molecule has 1 aromatic rings. The van der Waals surface area contributed by atoms with Crippen LogP contribution in [0.5, 0.6) is 0 Å². The molecule has 17 heavy (non-hydrogen) atoms. The number of carbonyl (C=O) groups is 1. The van der Waals surface area contributed by atoms with Crippen molar-refractivity contribution < 1.29 is 13.2 Å². The highest BCUT2D eigenvalue weighted by Gasteiger charge is 2.08. The number of rotatable bonds is 3. The monoisotopic (exact) mass is 255 g/mol. The maximum Gasteiger partial charge on any atom is 0.323 e. The summed E-state index contributed by atoms with van der Waals surface area (Å²) in [5, 5.41) is 9.87. The SMILES string of the molecule is C/C=C/NC(=O)Nc1cccc(S(N)(=O)=O)c1. The highest BCUT2D eigenvalue weighted by molar-refractivity contribution is 7.89. The third kappa shape index (κ3) is 4.25. The van der Waals surface area contributed by atoms with E-state index in [1.807, 2.05) is 0 Å². The number of nitrogens with two attached hydrogens (primary N) is 1. The van der Waals surface area contributed by atoms with E-state index in [0.29, 0.717) is 5.69 Å². The van der Waals surface area contributed by atoms with Gasteiger partial charge in [-0.15, -0.1) is 0 Å². The van der Waals surface area contributed by atoms with Gasteiger partial charge in [-0.3, -0.25) is 0 Å². The van der Waals surface area contributed by atoms with Crippen LogP contribution < -0.4 is 15.8 Å². The van der Waals surface area contributed by atoms with Gasteiger partial charge in [0, 0.05) is 11.9 Å². The van der Waals surface area contributed by atoms with Crippen molar-refractivity contribution in [1.29, 1.82) is 0 Å². The minimum Gasteiger partial charge on any atom is -0.315 e. The fourth-order valence-corrected chi connectivity index (χ4v) is 1.64. The van der Waals surface area contributed by atoms with Crippen LogP contribution in [0.1, 0.15) is 6.92 Å². The molecule has 0 atom stereocenters. The molecule has 1 aromatic carbocycles. The van der Waals surface area contributed by atoms with Crippen molar-refractivity contribution in [2.75, 3.05) is 5.32 Å². The summed E-state index contributed by atoms with van der Waals surface area (Å²) in [5.74, 6) is 0. The van der Waals surface area contributed by atoms with Gasteiger partial charge < -0.3 is 10.6 Å². The van der Waals surface area contributed by atoms with E-state index in [1.54, 1.807) is 19.1 Å². The third-order valence-electron chi connectivity index (χ3n) is 1.80. The van der Waals surface area contributed by atoms with E-state index >= 15 is 0 Å². The standard InChI is InChI=1S/C10H13N3O3S/c1-2-6-12-10(14)13-8-4-3-5-9(7-8)17(11,15)16/h2-7H,1H3,(H2,11,15,16)(H2,12,13,14)/b6-2+. The van der Waals surface area contributed by atoms with Crippen LogP contribution in [-0.4, -0.2) is 14.4 Å². The molecule has 0 saturated carbocycles. The van der Waals surface area contributed by atoms with E-state index in [9.17, 15) is 13.2 Å². The molecule has 0 aliphatic heterocycles. The van der Waals surface area contributed by atoms with E-state index in [-0.39, 0.29) is 4.90 Å². The van der Waals surface area contributed by atoms with Crippen molar-refractivity contribution in [3.8, 4) is 0 Å². The summed E-state index contributed by atoms with van der Waals surface area (Å²) in [6.45, 7) is 1.75. The first kappa shape index (κ1) is 13.2. The molecule has 0 heterocycles. The Balaban J connectivity index is 2.83. The van der Waals surface area contributed by atoms with Crippen LogP contribution in [0.3, 0.4) is 0 Å². The van der Waals surface area contributed by atoms with Crippen molar-refractivity contribution in [3.63, 3.8) is 0 Å². The Morgan fingerprint density at radius 2 is 2.12 bits per heavy atom. The summed E-state index contributed by atoms with van der Waals surface area (Å²) in [4.78, 5) is 11.2. The van der Waals surface area contributed by atoms with E-state index in [0.717, 1.165) is 0 Å². The van der Waals surface area contributed by atoms with Gasteiger partial charge in [0.25, 0.3) is 0 Å². The number of benzene rings is 1.